The third-order valence-electron chi connectivity index (χ3n) is 4.83. The topological polar surface area (TPSA) is 55.3 Å². The normalized spacial score (nSPS) is 15.4. The molecule has 0 atom stereocenters. The molecule has 134 valence electrons. The number of carbonyl (C=O) groups is 1. The number of halogens is 1. The zero-order valence-corrected chi connectivity index (χ0v) is 15.9. The zero-order valence-electron chi connectivity index (χ0n) is 14.3. The maximum absolute atomic E-state index is 11.8. The smallest absolute Gasteiger partial charge is 0.308 e. The number of nitrogens with zero attached hydrogens (tertiary/aromatic N) is 3. The summed E-state index contributed by atoms with van der Waals surface area (Å²) in [5.74, 6) is 0.797. The average Bonchev–Trinajstić information content (AvgIpc) is 3.12. The highest BCUT2D eigenvalue weighted by atomic mass is 35.5. The van der Waals surface area contributed by atoms with Gasteiger partial charge >= 0.3 is 5.97 Å². The van der Waals surface area contributed by atoms with Crippen LogP contribution < -0.4 is 4.90 Å². The van der Waals surface area contributed by atoms with Gasteiger partial charge in [-0.2, -0.15) is 0 Å². The van der Waals surface area contributed by atoms with Crippen LogP contribution in [0.1, 0.15) is 12.8 Å². The van der Waals surface area contributed by atoms with E-state index in [9.17, 15) is 4.79 Å². The Morgan fingerprint density at radius 1 is 1.23 bits per heavy atom. The SMILES string of the molecule is COC(=O)C1CCN(c2ncnc3scc(-c4ccc(Cl)cc4)c23)CC1. The largest absolute Gasteiger partial charge is 0.469 e. The Hall–Kier alpha value is -2.18. The van der Waals surface area contributed by atoms with Gasteiger partial charge in [0.25, 0.3) is 0 Å². The molecule has 0 N–H and O–H groups in total. The van der Waals surface area contributed by atoms with Gasteiger partial charge in [0.1, 0.15) is 17.0 Å². The van der Waals surface area contributed by atoms with E-state index in [2.05, 4.69) is 20.2 Å². The van der Waals surface area contributed by atoms with Crippen LogP contribution in [0, 0.1) is 5.92 Å². The van der Waals surface area contributed by atoms with Crippen LogP contribution in [0.4, 0.5) is 5.82 Å². The van der Waals surface area contributed by atoms with Crippen LogP contribution in [0.5, 0.6) is 0 Å². The molecular formula is C19H18ClN3O2S. The van der Waals surface area contributed by atoms with E-state index in [1.54, 1.807) is 17.7 Å². The molecule has 3 heterocycles. The van der Waals surface area contributed by atoms with Crippen molar-refractivity contribution in [3.63, 3.8) is 0 Å². The molecule has 1 aliphatic heterocycles. The summed E-state index contributed by atoms with van der Waals surface area (Å²) in [6, 6.07) is 7.83. The molecule has 1 saturated heterocycles. The molecule has 1 fully saturated rings. The standard InChI is InChI=1S/C19H18ClN3O2S/c1-25-19(24)13-6-8-23(9-7-13)17-16-15(10-26-18(16)22-11-21-17)12-2-4-14(20)5-3-12/h2-5,10-11,13H,6-9H2,1H3. The second-order valence-corrected chi connectivity index (χ2v) is 7.61. The first-order valence-electron chi connectivity index (χ1n) is 8.48. The molecule has 0 saturated carbocycles. The number of hydrogen-bond donors (Lipinski definition) is 0. The van der Waals surface area contributed by atoms with Crippen molar-refractivity contribution >= 4 is 44.9 Å². The summed E-state index contributed by atoms with van der Waals surface area (Å²) in [6.45, 7) is 1.56. The molecule has 1 aliphatic rings. The van der Waals surface area contributed by atoms with E-state index in [-0.39, 0.29) is 11.9 Å². The maximum Gasteiger partial charge on any atom is 0.308 e. The average molecular weight is 388 g/mol. The third-order valence-corrected chi connectivity index (χ3v) is 5.97. The van der Waals surface area contributed by atoms with Crippen LogP contribution in [0.25, 0.3) is 21.3 Å². The van der Waals surface area contributed by atoms with Gasteiger partial charge in [-0.3, -0.25) is 4.79 Å². The van der Waals surface area contributed by atoms with E-state index in [1.807, 2.05) is 24.3 Å². The molecule has 3 aromatic rings. The molecule has 0 bridgehead atoms. The Bertz CT molecular complexity index is 934. The molecule has 4 rings (SSSR count). The Labute approximate surface area is 160 Å². The van der Waals surface area contributed by atoms with E-state index in [1.165, 1.54) is 7.11 Å². The second kappa shape index (κ2) is 7.21. The summed E-state index contributed by atoms with van der Waals surface area (Å²) in [5, 5.41) is 3.90. The van der Waals surface area contributed by atoms with Crippen LogP contribution in [0.15, 0.2) is 36.0 Å². The van der Waals surface area contributed by atoms with Gasteiger partial charge in [-0.15, -0.1) is 11.3 Å². The van der Waals surface area contributed by atoms with Crippen LogP contribution in [-0.4, -0.2) is 36.1 Å². The fraction of sp³-hybridized carbons (Fsp3) is 0.316. The molecular weight excluding hydrogens is 370 g/mol. The van der Waals surface area contributed by atoms with E-state index in [4.69, 9.17) is 16.3 Å². The minimum Gasteiger partial charge on any atom is -0.469 e. The zero-order chi connectivity index (χ0) is 18.1. The number of benzene rings is 1. The van der Waals surface area contributed by atoms with Crippen molar-refractivity contribution in [3.05, 3.63) is 41.0 Å². The Balaban J connectivity index is 1.69. The minimum atomic E-state index is -0.116. The van der Waals surface area contributed by atoms with E-state index < -0.39 is 0 Å². The lowest BCUT2D eigenvalue weighted by molar-refractivity contribution is -0.146. The fourth-order valence-electron chi connectivity index (χ4n) is 3.43. The van der Waals surface area contributed by atoms with E-state index in [0.717, 1.165) is 58.1 Å². The number of thiophene rings is 1. The first-order valence-corrected chi connectivity index (χ1v) is 9.74. The molecule has 2 aromatic heterocycles. The summed E-state index contributed by atoms with van der Waals surface area (Å²) < 4.78 is 4.88. The number of piperidine rings is 1. The number of aromatic nitrogens is 2. The monoisotopic (exact) mass is 387 g/mol. The molecule has 0 spiro atoms. The fourth-order valence-corrected chi connectivity index (χ4v) is 4.47. The van der Waals surface area contributed by atoms with Crippen molar-refractivity contribution < 1.29 is 9.53 Å². The Kier molecular flexibility index (Phi) is 4.78. The van der Waals surface area contributed by atoms with Crippen molar-refractivity contribution in [1.82, 2.24) is 9.97 Å². The molecule has 5 nitrogen and oxygen atoms in total. The highest BCUT2D eigenvalue weighted by molar-refractivity contribution is 7.17. The van der Waals surface area contributed by atoms with Gasteiger partial charge in [0.15, 0.2) is 0 Å². The number of anilines is 1. The van der Waals surface area contributed by atoms with Gasteiger partial charge in [0.05, 0.1) is 18.4 Å². The first kappa shape index (κ1) is 17.2. The van der Waals surface area contributed by atoms with Gasteiger partial charge in [0, 0.05) is 29.1 Å². The number of rotatable bonds is 3. The molecule has 26 heavy (non-hydrogen) atoms. The van der Waals surface area contributed by atoms with Crippen molar-refractivity contribution in [2.24, 2.45) is 5.92 Å². The lowest BCUT2D eigenvalue weighted by atomic mass is 9.96. The van der Waals surface area contributed by atoms with E-state index in [0.29, 0.717) is 0 Å². The van der Waals surface area contributed by atoms with Gasteiger partial charge in [0.2, 0.25) is 0 Å². The van der Waals surface area contributed by atoms with Gasteiger partial charge in [-0.05, 0) is 30.5 Å². The van der Waals surface area contributed by atoms with Crippen LogP contribution in [-0.2, 0) is 9.53 Å². The van der Waals surface area contributed by atoms with Crippen molar-refractivity contribution in [2.45, 2.75) is 12.8 Å². The molecule has 1 aromatic carbocycles. The van der Waals surface area contributed by atoms with E-state index >= 15 is 0 Å². The predicted molar refractivity (Wildman–Crippen MR) is 105 cm³/mol. The predicted octanol–water partition coefficient (Wildman–Crippen LogP) is 4.40. The lowest BCUT2D eigenvalue weighted by Gasteiger charge is -2.32. The minimum absolute atomic E-state index is 0.0215. The molecule has 0 aliphatic carbocycles. The highest BCUT2D eigenvalue weighted by Gasteiger charge is 2.27. The van der Waals surface area contributed by atoms with Gasteiger partial charge in [-0.25, -0.2) is 9.97 Å². The summed E-state index contributed by atoms with van der Waals surface area (Å²) in [6.07, 6.45) is 3.17. The van der Waals surface area contributed by atoms with Crippen molar-refractivity contribution in [2.75, 3.05) is 25.1 Å². The molecule has 0 unspecified atom stereocenters. The number of ether oxygens (including phenoxy) is 1. The summed E-state index contributed by atoms with van der Waals surface area (Å²) in [4.78, 5) is 24.0. The van der Waals surface area contributed by atoms with Gasteiger partial charge in [-0.1, -0.05) is 23.7 Å². The number of carbonyl (C=O) groups excluding carboxylic acids is 1. The molecule has 0 amide bonds. The van der Waals surface area contributed by atoms with Crippen LogP contribution in [0.3, 0.4) is 0 Å². The number of methoxy groups -OCH3 is 1. The number of hydrogen-bond acceptors (Lipinski definition) is 6. The lowest BCUT2D eigenvalue weighted by Crippen LogP contribution is -2.37. The summed E-state index contributed by atoms with van der Waals surface area (Å²) in [7, 11) is 1.45. The summed E-state index contributed by atoms with van der Waals surface area (Å²) >= 11 is 7.64. The highest BCUT2D eigenvalue weighted by Crippen LogP contribution is 2.39. The van der Waals surface area contributed by atoms with Crippen LogP contribution in [0.2, 0.25) is 5.02 Å². The summed E-state index contributed by atoms with van der Waals surface area (Å²) in [5.41, 5.74) is 2.22. The van der Waals surface area contributed by atoms with Crippen molar-refractivity contribution in [1.29, 1.82) is 0 Å². The third kappa shape index (κ3) is 3.15. The quantitative estimate of drug-likeness (QED) is 0.623. The second-order valence-electron chi connectivity index (χ2n) is 6.32. The number of esters is 1. The van der Waals surface area contributed by atoms with Gasteiger partial charge < -0.3 is 9.64 Å². The van der Waals surface area contributed by atoms with Crippen molar-refractivity contribution in [3.8, 4) is 11.1 Å². The Morgan fingerprint density at radius 2 is 1.96 bits per heavy atom. The van der Waals surface area contributed by atoms with Crippen LogP contribution >= 0.6 is 22.9 Å². The first-order chi connectivity index (χ1) is 12.7. The molecule has 0 radical (unpaired) electrons. The number of fused-ring (bicyclic) bond motifs is 1. The molecule has 7 heteroatoms. The Morgan fingerprint density at radius 3 is 2.65 bits per heavy atom. The maximum atomic E-state index is 11.8.